The lowest BCUT2D eigenvalue weighted by atomic mass is 10.1. The summed E-state index contributed by atoms with van der Waals surface area (Å²) in [6, 6.07) is 12.3. The van der Waals surface area contributed by atoms with Gasteiger partial charge in [0.15, 0.2) is 0 Å². The van der Waals surface area contributed by atoms with E-state index in [1.54, 1.807) is 30.3 Å². The van der Waals surface area contributed by atoms with Crippen LogP contribution in [0.4, 0.5) is 11.4 Å². The first kappa shape index (κ1) is 12.5. The highest BCUT2D eigenvalue weighted by Gasteiger charge is 2.08. The Morgan fingerprint density at radius 1 is 1.22 bits per heavy atom. The fraction of sp³-hybridized carbons (Fsp3) is 0.0714. The Morgan fingerprint density at radius 2 is 2.00 bits per heavy atom. The molecule has 0 saturated carbocycles. The molecular formula is C14H13ClN2O. The van der Waals surface area contributed by atoms with E-state index in [4.69, 9.17) is 17.3 Å². The number of nitrogen functional groups attached to an aromatic ring is 1. The summed E-state index contributed by atoms with van der Waals surface area (Å²) in [5.74, 6) is -0.229. The maximum absolute atomic E-state index is 12.0. The number of carbonyl (C=O) groups is 1. The van der Waals surface area contributed by atoms with Crippen LogP contribution in [-0.4, -0.2) is 5.91 Å². The number of benzene rings is 2. The van der Waals surface area contributed by atoms with Crippen molar-refractivity contribution >= 4 is 28.9 Å². The summed E-state index contributed by atoms with van der Waals surface area (Å²) in [5, 5.41) is 3.29. The number of aryl methyl sites for hydroxylation is 1. The summed E-state index contributed by atoms with van der Waals surface area (Å²) in [7, 11) is 0. The van der Waals surface area contributed by atoms with Gasteiger partial charge in [0.2, 0.25) is 0 Å². The molecule has 0 bridgehead atoms. The molecule has 0 spiro atoms. The summed E-state index contributed by atoms with van der Waals surface area (Å²) >= 11 is 5.84. The number of hydrogen-bond donors (Lipinski definition) is 2. The van der Waals surface area contributed by atoms with Crippen molar-refractivity contribution in [1.82, 2.24) is 0 Å². The van der Waals surface area contributed by atoms with E-state index in [2.05, 4.69) is 5.32 Å². The van der Waals surface area contributed by atoms with E-state index in [1.807, 2.05) is 19.1 Å². The van der Waals surface area contributed by atoms with E-state index in [0.717, 1.165) is 5.56 Å². The van der Waals surface area contributed by atoms with Gasteiger partial charge in [0, 0.05) is 10.6 Å². The van der Waals surface area contributed by atoms with Gasteiger partial charge >= 0.3 is 0 Å². The van der Waals surface area contributed by atoms with Crippen molar-refractivity contribution in [2.45, 2.75) is 6.92 Å². The zero-order valence-corrected chi connectivity index (χ0v) is 10.7. The quantitative estimate of drug-likeness (QED) is 0.812. The fourth-order valence-corrected chi connectivity index (χ4v) is 1.81. The van der Waals surface area contributed by atoms with Crippen LogP contribution in [0.15, 0.2) is 42.5 Å². The third kappa shape index (κ3) is 2.81. The lowest BCUT2D eigenvalue weighted by molar-refractivity contribution is 0.102. The summed E-state index contributed by atoms with van der Waals surface area (Å²) in [6.45, 7) is 1.94. The zero-order chi connectivity index (χ0) is 13.1. The number of rotatable bonds is 2. The third-order valence-electron chi connectivity index (χ3n) is 2.54. The second-order valence-corrected chi connectivity index (χ2v) is 4.49. The maximum Gasteiger partial charge on any atom is 0.255 e. The van der Waals surface area contributed by atoms with Crippen LogP contribution in [0.3, 0.4) is 0 Å². The van der Waals surface area contributed by atoms with Crippen LogP contribution < -0.4 is 11.1 Å². The molecule has 0 aromatic heterocycles. The van der Waals surface area contributed by atoms with Crippen LogP contribution in [0.1, 0.15) is 15.9 Å². The van der Waals surface area contributed by atoms with Gasteiger partial charge < -0.3 is 11.1 Å². The topological polar surface area (TPSA) is 55.1 Å². The van der Waals surface area contributed by atoms with Crippen molar-refractivity contribution < 1.29 is 4.79 Å². The van der Waals surface area contributed by atoms with E-state index < -0.39 is 0 Å². The first-order chi connectivity index (χ1) is 8.56. The van der Waals surface area contributed by atoms with Crippen molar-refractivity contribution in [3.63, 3.8) is 0 Å². The predicted octanol–water partition coefficient (Wildman–Crippen LogP) is 3.48. The van der Waals surface area contributed by atoms with Crippen molar-refractivity contribution in [2.75, 3.05) is 11.1 Å². The molecule has 0 unspecified atom stereocenters. The summed E-state index contributed by atoms with van der Waals surface area (Å²) in [5.41, 5.74) is 8.54. The summed E-state index contributed by atoms with van der Waals surface area (Å²) in [6.07, 6.45) is 0. The molecule has 4 heteroatoms. The molecule has 0 aliphatic carbocycles. The van der Waals surface area contributed by atoms with Gasteiger partial charge in [-0.2, -0.15) is 0 Å². The Hall–Kier alpha value is -2.00. The predicted molar refractivity (Wildman–Crippen MR) is 75.0 cm³/mol. The number of hydrogen-bond acceptors (Lipinski definition) is 2. The van der Waals surface area contributed by atoms with Crippen LogP contribution in [0.2, 0.25) is 5.02 Å². The van der Waals surface area contributed by atoms with Crippen molar-refractivity contribution in [3.05, 3.63) is 58.6 Å². The number of anilines is 2. The van der Waals surface area contributed by atoms with Crippen LogP contribution in [0.25, 0.3) is 0 Å². The minimum atomic E-state index is -0.229. The molecule has 0 saturated heterocycles. The normalized spacial score (nSPS) is 10.1. The Bertz CT molecular complexity index is 596. The molecular weight excluding hydrogens is 248 g/mol. The summed E-state index contributed by atoms with van der Waals surface area (Å²) in [4.78, 5) is 12.0. The van der Waals surface area contributed by atoms with Gasteiger partial charge in [-0.3, -0.25) is 4.79 Å². The van der Waals surface area contributed by atoms with E-state index in [-0.39, 0.29) is 5.91 Å². The first-order valence-corrected chi connectivity index (χ1v) is 5.87. The van der Waals surface area contributed by atoms with Gasteiger partial charge in [-0.15, -0.1) is 0 Å². The summed E-state index contributed by atoms with van der Waals surface area (Å²) < 4.78 is 0. The molecule has 0 radical (unpaired) electrons. The molecule has 0 heterocycles. The smallest absolute Gasteiger partial charge is 0.255 e. The van der Waals surface area contributed by atoms with Crippen molar-refractivity contribution in [2.24, 2.45) is 0 Å². The van der Waals surface area contributed by atoms with Crippen LogP contribution in [0.5, 0.6) is 0 Å². The molecule has 1 amide bonds. The molecule has 0 aliphatic heterocycles. The Kier molecular flexibility index (Phi) is 3.53. The average molecular weight is 261 g/mol. The minimum Gasteiger partial charge on any atom is -0.397 e. The highest BCUT2D eigenvalue weighted by Crippen LogP contribution is 2.20. The SMILES string of the molecule is Cc1ccc(NC(=O)c2cccc(Cl)c2)c(N)c1. The molecule has 2 aromatic carbocycles. The molecule has 0 fully saturated rings. The molecule has 3 N–H and O–H groups in total. The monoisotopic (exact) mass is 260 g/mol. The second-order valence-electron chi connectivity index (χ2n) is 4.06. The van der Waals surface area contributed by atoms with Gasteiger partial charge in [-0.1, -0.05) is 23.7 Å². The number of carbonyl (C=O) groups excluding carboxylic acids is 1. The number of halogens is 1. The van der Waals surface area contributed by atoms with E-state index in [1.165, 1.54) is 0 Å². The molecule has 0 aliphatic rings. The van der Waals surface area contributed by atoms with E-state index in [0.29, 0.717) is 22.0 Å². The second kappa shape index (κ2) is 5.10. The maximum atomic E-state index is 12.0. The van der Waals surface area contributed by atoms with Gasteiger partial charge in [-0.25, -0.2) is 0 Å². The Balaban J connectivity index is 2.21. The highest BCUT2D eigenvalue weighted by molar-refractivity contribution is 6.31. The lowest BCUT2D eigenvalue weighted by Crippen LogP contribution is -2.13. The molecule has 18 heavy (non-hydrogen) atoms. The minimum absolute atomic E-state index is 0.229. The third-order valence-corrected chi connectivity index (χ3v) is 2.78. The van der Waals surface area contributed by atoms with E-state index in [9.17, 15) is 4.79 Å². The molecule has 3 nitrogen and oxygen atoms in total. The van der Waals surface area contributed by atoms with Gasteiger partial charge in [-0.05, 0) is 42.8 Å². The van der Waals surface area contributed by atoms with Gasteiger partial charge in [0.05, 0.1) is 11.4 Å². The van der Waals surface area contributed by atoms with Crippen LogP contribution >= 0.6 is 11.6 Å². The highest BCUT2D eigenvalue weighted by atomic mass is 35.5. The van der Waals surface area contributed by atoms with Crippen LogP contribution in [0, 0.1) is 6.92 Å². The van der Waals surface area contributed by atoms with Gasteiger partial charge in [0.25, 0.3) is 5.91 Å². The largest absolute Gasteiger partial charge is 0.397 e. The first-order valence-electron chi connectivity index (χ1n) is 5.49. The Morgan fingerprint density at radius 3 is 2.67 bits per heavy atom. The van der Waals surface area contributed by atoms with E-state index >= 15 is 0 Å². The fourth-order valence-electron chi connectivity index (χ4n) is 1.62. The number of nitrogens with one attached hydrogen (secondary N) is 1. The number of amides is 1. The molecule has 92 valence electrons. The van der Waals surface area contributed by atoms with Crippen LogP contribution in [-0.2, 0) is 0 Å². The van der Waals surface area contributed by atoms with Crippen molar-refractivity contribution in [3.8, 4) is 0 Å². The molecule has 2 rings (SSSR count). The van der Waals surface area contributed by atoms with Gasteiger partial charge in [0.1, 0.15) is 0 Å². The Labute approximate surface area is 111 Å². The standard InChI is InChI=1S/C14H13ClN2O/c1-9-5-6-13(12(16)7-9)17-14(18)10-3-2-4-11(15)8-10/h2-8H,16H2,1H3,(H,17,18). The molecule has 2 aromatic rings. The average Bonchev–Trinajstić information content (AvgIpc) is 2.32. The lowest BCUT2D eigenvalue weighted by Gasteiger charge is -2.09. The number of nitrogens with two attached hydrogens (primary N) is 1. The van der Waals surface area contributed by atoms with Crippen molar-refractivity contribution in [1.29, 1.82) is 0 Å². The molecule has 0 atom stereocenters. The zero-order valence-electron chi connectivity index (χ0n) is 9.91.